The largest absolute Gasteiger partial charge is 0.294 e. The van der Waals surface area contributed by atoms with Crippen LogP contribution in [0.4, 0.5) is 0 Å². The maximum atomic E-state index is 11.3. The van der Waals surface area contributed by atoms with Gasteiger partial charge in [-0.15, -0.1) is 0 Å². The van der Waals surface area contributed by atoms with Gasteiger partial charge < -0.3 is 0 Å². The van der Waals surface area contributed by atoms with Crippen molar-refractivity contribution in [3.05, 3.63) is 34.3 Å². The van der Waals surface area contributed by atoms with E-state index in [-0.39, 0.29) is 5.78 Å². The lowest BCUT2D eigenvalue weighted by molar-refractivity contribution is 0.0988. The van der Waals surface area contributed by atoms with Gasteiger partial charge in [0.1, 0.15) is 0 Å². The van der Waals surface area contributed by atoms with Gasteiger partial charge in [0, 0.05) is 17.3 Å². The van der Waals surface area contributed by atoms with E-state index in [1.54, 1.807) is 6.07 Å². The maximum Gasteiger partial charge on any atom is 0.164 e. The third-order valence-electron chi connectivity index (χ3n) is 1.81. The van der Waals surface area contributed by atoms with Gasteiger partial charge in [0.25, 0.3) is 0 Å². The van der Waals surface area contributed by atoms with Gasteiger partial charge in [-0.2, -0.15) is 0 Å². The van der Waals surface area contributed by atoms with Gasteiger partial charge in [-0.1, -0.05) is 40.5 Å². The highest BCUT2D eigenvalue weighted by atomic mass is 79.9. The zero-order valence-electron chi connectivity index (χ0n) is 7.31. The van der Waals surface area contributed by atoms with Crippen LogP contribution in [-0.4, -0.2) is 5.78 Å². The summed E-state index contributed by atoms with van der Waals surface area (Å²) in [7, 11) is 0. The molecule has 0 saturated carbocycles. The van der Waals surface area contributed by atoms with E-state index < -0.39 is 0 Å². The number of rotatable bonds is 3. The molecule has 0 radical (unpaired) electrons. The van der Waals surface area contributed by atoms with Crippen LogP contribution in [0.5, 0.6) is 0 Å². The molecule has 0 aliphatic heterocycles. The van der Waals surface area contributed by atoms with Crippen molar-refractivity contribution in [2.75, 3.05) is 0 Å². The molecule has 0 fully saturated rings. The van der Waals surface area contributed by atoms with Crippen LogP contribution in [0.1, 0.15) is 29.3 Å². The van der Waals surface area contributed by atoms with Crippen molar-refractivity contribution in [3.8, 4) is 0 Å². The first-order chi connectivity index (χ1) is 6.19. The molecule has 0 saturated heterocycles. The van der Waals surface area contributed by atoms with Crippen LogP contribution in [0, 0.1) is 0 Å². The minimum Gasteiger partial charge on any atom is -0.294 e. The molecule has 0 amide bonds. The fourth-order valence-corrected chi connectivity index (χ4v) is 1.72. The SMILES string of the molecule is CCC(=O)c1ccc(CBr)cc1Cl. The lowest BCUT2D eigenvalue weighted by atomic mass is 10.1. The van der Waals surface area contributed by atoms with Crippen molar-refractivity contribution in [1.29, 1.82) is 0 Å². The first kappa shape index (κ1) is 10.7. The fourth-order valence-electron chi connectivity index (χ4n) is 1.06. The first-order valence-corrected chi connectivity index (χ1v) is 5.56. The highest BCUT2D eigenvalue weighted by molar-refractivity contribution is 9.08. The minimum absolute atomic E-state index is 0.0890. The van der Waals surface area contributed by atoms with Crippen LogP contribution >= 0.6 is 27.5 Å². The summed E-state index contributed by atoms with van der Waals surface area (Å²) in [5, 5.41) is 1.30. The molecule has 0 heterocycles. The molecule has 0 aromatic heterocycles. The van der Waals surface area contributed by atoms with E-state index in [0.29, 0.717) is 17.0 Å². The second kappa shape index (κ2) is 4.77. The average molecular weight is 262 g/mol. The number of carbonyl (C=O) groups excluding carboxylic acids is 1. The van der Waals surface area contributed by atoms with Gasteiger partial charge in [0.15, 0.2) is 5.78 Å². The predicted octanol–water partition coefficient (Wildman–Crippen LogP) is 3.83. The predicted molar refractivity (Wildman–Crippen MR) is 58.7 cm³/mol. The van der Waals surface area contributed by atoms with Crippen molar-refractivity contribution < 1.29 is 4.79 Å². The molecule has 1 rings (SSSR count). The standard InChI is InChI=1S/C10H10BrClO/c1-2-10(13)8-4-3-7(6-11)5-9(8)12/h3-5H,2,6H2,1H3. The van der Waals surface area contributed by atoms with Crippen molar-refractivity contribution in [2.45, 2.75) is 18.7 Å². The van der Waals surface area contributed by atoms with Crippen molar-refractivity contribution >= 4 is 33.3 Å². The molecule has 0 spiro atoms. The maximum absolute atomic E-state index is 11.3. The Morgan fingerprint density at radius 2 is 2.23 bits per heavy atom. The summed E-state index contributed by atoms with van der Waals surface area (Å²) >= 11 is 9.27. The summed E-state index contributed by atoms with van der Waals surface area (Å²) < 4.78 is 0. The Bertz CT molecular complexity index is 323. The molecule has 0 N–H and O–H groups in total. The molecule has 0 unspecified atom stereocenters. The van der Waals surface area contributed by atoms with E-state index >= 15 is 0 Å². The number of hydrogen-bond donors (Lipinski definition) is 0. The monoisotopic (exact) mass is 260 g/mol. The van der Waals surface area contributed by atoms with Gasteiger partial charge in [0.2, 0.25) is 0 Å². The van der Waals surface area contributed by atoms with E-state index in [1.807, 2.05) is 19.1 Å². The topological polar surface area (TPSA) is 17.1 Å². The molecule has 0 aliphatic carbocycles. The second-order valence-electron chi connectivity index (χ2n) is 2.72. The first-order valence-electron chi connectivity index (χ1n) is 4.06. The Morgan fingerprint density at radius 1 is 1.54 bits per heavy atom. The Balaban J connectivity index is 3.05. The lowest BCUT2D eigenvalue weighted by Gasteiger charge is -2.02. The molecule has 1 nitrogen and oxygen atoms in total. The highest BCUT2D eigenvalue weighted by Gasteiger charge is 2.07. The van der Waals surface area contributed by atoms with Crippen LogP contribution < -0.4 is 0 Å². The number of hydrogen-bond acceptors (Lipinski definition) is 1. The summed E-state index contributed by atoms with van der Waals surface area (Å²) in [5.41, 5.74) is 1.70. The van der Waals surface area contributed by atoms with Crippen molar-refractivity contribution in [3.63, 3.8) is 0 Å². The molecule has 1 aromatic carbocycles. The molecule has 0 bridgehead atoms. The summed E-state index contributed by atoms with van der Waals surface area (Å²) in [6.45, 7) is 1.83. The smallest absolute Gasteiger partial charge is 0.164 e. The molecule has 70 valence electrons. The zero-order valence-corrected chi connectivity index (χ0v) is 9.65. The van der Waals surface area contributed by atoms with E-state index in [1.165, 1.54) is 0 Å². The van der Waals surface area contributed by atoms with Crippen LogP contribution in [0.15, 0.2) is 18.2 Å². The lowest BCUT2D eigenvalue weighted by Crippen LogP contribution is -1.97. The van der Waals surface area contributed by atoms with Gasteiger partial charge >= 0.3 is 0 Å². The number of benzene rings is 1. The third-order valence-corrected chi connectivity index (χ3v) is 2.77. The van der Waals surface area contributed by atoms with Gasteiger partial charge in [-0.3, -0.25) is 4.79 Å². The molecular weight excluding hydrogens is 251 g/mol. The Hall–Kier alpha value is -0.340. The quantitative estimate of drug-likeness (QED) is 0.597. The normalized spacial score (nSPS) is 10.1. The van der Waals surface area contributed by atoms with E-state index in [9.17, 15) is 4.79 Å². The molecular formula is C10H10BrClO. The number of carbonyl (C=O) groups is 1. The average Bonchev–Trinajstić information content (AvgIpc) is 2.16. The van der Waals surface area contributed by atoms with E-state index in [2.05, 4.69) is 15.9 Å². The molecule has 0 aliphatic rings. The number of halogens is 2. The Kier molecular flexibility index (Phi) is 3.94. The van der Waals surface area contributed by atoms with Gasteiger partial charge in [-0.05, 0) is 17.7 Å². The van der Waals surface area contributed by atoms with Crippen molar-refractivity contribution in [2.24, 2.45) is 0 Å². The van der Waals surface area contributed by atoms with Crippen LogP contribution in [0.2, 0.25) is 5.02 Å². The third kappa shape index (κ3) is 2.55. The summed E-state index contributed by atoms with van der Waals surface area (Å²) in [6.07, 6.45) is 0.493. The van der Waals surface area contributed by atoms with Crippen molar-refractivity contribution in [1.82, 2.24) is 0 Å². The highest BCUT2D eigenvalue weighted by Crippen LogP contribution is 2.20. The number of alkyl halides is 1. The van der Waals surface area contributed by atoms with Gasteiger partial charge in [0.05, 0.1) is 5.02 Å². The number of Topliss-reactive ketones (excluding diaryl/α,β-unsaturated/α-hetero) is 1. The second-order valence-corrected chi connectivity index (χ2v) is 3.69. The summed E-state index contributed by atoms with van der Waals surface area (Å²) in [6, 6.07) is 5.51. The Morgan fingerprint density at radius 3 is 2.69 bits per heavy atom. The molecule has 0 atom stereocenters. The molecule has 13 heavy (non-hydrogen) atoms. The van der Waals surface area contributed by atoms with E-state index in [0.717, 1.165) is 10.9 Å². The summed E-state index contributed by atoms with van der Waals surface area (Å²) in [4.78, 5) is 11.3. The minimum atomic E-state index is 0.0890. The summed E-state index contributed by atoms with van der Waals surface area (Å²) in [5.74, 6) is 0.0890. The van der Waals surface area contributed by atoms with Gasteiger partial charge in [-0.25, -0.2) is 0 Å². The van der Waals surface area contributed by atoms with E-state index in [4.69, 9.17) is 11.6 Å². The van der Waals surface area contributed by atoms with Crippen LogP contribution in [0.3, 0.4) is 0 Å². The molecule has 1 aromatic rings. The number of ketones is 1. The van der Waals surface area contributed by atoms with Crippen LogP contribution in [0.25, 0.3) is 0 Å². The molecule has 3 heteroatoms. The Labute approximate surface area is 91.2 Å². The fraction of sp³-hybridized carbons (Fsp3) is 0.300. The zero-order chi connectivity index (χ0) is 9.84. The van der Waals surface area contributed by atoms with Crippen LogP contribution in [-0.2, 0) is 5.33 Å².